The summed E-state index contributed by atoms with van der Waals surface area (Å²) in [5.41, 5.74) is 5.80. The molecule has 3 aromatic rings. The van der Waals surface area contributed by atoms with E-state index < -0.39 is 0 Å². The van der Waals surface area contributed by atoms with Crippen molar-refractivity contribution in [2.24, 2.45) is 0 Å². The zero-order chi connectivity index (χ0) is 24.4. The Labute approximate surface area is 204 Å². The van der Waals surface area contributed by atoms with Gasteiger partial charge in [-0.3, -0.25) is 9.59 Å². The first-order valence-corrected chi connectivity index (χ1v) is 11.9. The molecular weight excluding hydrogens is 442 g/mol. The average molecular weight is 472 g/mol. The SMILES string of the molecule is Cc1cccc(C)c1NC(=O)c1cnc(Nc2ccc(N3CCOCC3=O)cc2)cc1NC1CC1. The van der Waals surface area contributed by atoms with Crippen molar-refractivity contribution in [3.05, 3.63) is 71.4 Å². The first-order valence-electron chi connectivity index (χ1n) is 11.9. The van der Waals surface area contributed by atoms with Crippen LogP contribution in [-0.2, 0) is 9.53 Å². The number of hydrogen-bond acceptors (Lipinski definition) is 6. The summed E-state index contributed by atoms with van der Waals surface area (Å²) in [7, 11) is 0. The van der Waals surface area contributed by atoms with E-state index in [-0.39, 0.29) is 18.4 Å². The zero-order valence-electron chi connectivity index (χ0n) is 19.9. The number of carbonyl (C=O) groups excluding carboxylic acids is 2. The van der Waals surface area contributed by atoms with Crippen LogP contribution in [-0.4, -0.2) is 42.6 Å². The third kappa shape index (κ3) is 5.27. The van der Waals surface area contributed by atoms with Crippen molar-refractivity contribution in [1.82, 2.24) is 4.98 Å². The maximum Gasteiger partial charge on any atom is 0.259 e. The monoisotopic (exact) mass is 471 g/mol. The van der Waals surface area contributed by atoms with Crippen LogP contribution in [0.15, 0.2) is 54.7 Å². The second-order valence-electron chi connectivity index (χ2n) is 9.02. The predicted octanol–water partition coefficient (Wildman–Crippen LogP) is 4.63. The molecule has 1 aliphatic carbocycles. The molecule has 35 heavy (non-hydrogen) atoms. The number of aromatic nitrogens is 1. The van der Waals surface area contributed by atoms with Crippen molar-refractivity contribution in [3.8, 4) is 0 Å². The molecule has 3 N–H and O–H groups in total. The van der Waals surface area contributed by atoms with Gasteiger partial charge in [0.15, 0.2) is 0 Å². The topological polar surface area (TPSA) is 95.6 Å². The van der Waals surface area contributed by atoms with E-state index in [9.17, 15) is 9.59 Å². The van der Waals surface area contributed by atoms with Gasteiger partial charge in [0.2, 0.25) is 0 Å². The Kier molecular flexibility index (Phi) is 6.37. The van der Waals surface area contributed by atoms with Gasteiger partial charge >= 0.3 is 0 Å². The first kappa shape index (κ1) is 22.9. The Morgan fingerprint density at radius 1 is 1.09 bits per heavy atom. The number of hydrogen-bond donors (Lipinski definition) is 3. The van der Waals surface area contributed by atoms with Crippen molar-refractivity contribution < 1.29 is 14.3 Å². The van der Waals surface area contributed by atoms with E-state index in [1.165, 1.54) is 0 Å². The van der Waals surface area contributed by atoms with E-state index in [2.05, 4.69) is 20.9 Å². The van der Waals surface area contributed by atoms with Crippen molar-refractivity contribution in [1.29, 1.82) is 0 Å². The molecule has 0 spiro atoms. The lowest BCUT2D eigenvalue weighted by Crippen LogP contribution is -2.41. The predicted molar refractivity (Wildman–Crippen MR) is 138 cm³/mol. The van der Waals surface area contributed by atoms with Crippen molar-refractivity contribution >= 4 is 40.4 Å². The molecule has 2 fully saturated rings. The normalized spacial score (nSPS) is 15.6. The highest BCUT2D eigenvalue weighted by Gasteiger charge is 2.24. The van der Waals surface area contributed by atoms with Crippen LogP contribution in [0, 0.1) is 13.8 Å². The quantitative estimate of drug-likeness (QED) is 0.465. The molecule has 0 atom stereocenters. The minimum Gasteiger partial charge on any atom is -0.382 e. The fraction of sp³-hybridized carbons (Fsp3) is 0.296. The van der Waals surface area contributed by atoms with Gasteiger partial charge < -0.3 is 25.6 Å². The summed E-state index contributed by atoms with van der Waals surface area (Å²) < 4.78 is 5.20. The highest BCUT2D eigenvalue weighted by Crippen LogP contribution is 2.30. The van der Waals surface area contributed by atoms with Crippen LogP contribution >= 0.6 is 0 Å². The number of anilines is 5. The lowest BCUT2D eigenvalue weighted by atomic mass is 10.1. The minimum atomic E-state index is -0.191. The summed E-state index contributed by atoms with van der Waals surface area (Å²) in [4.78, 5) is 31.5. The maximum atomic E-state index is 13.2. The number of morpholine rings is 1. The van der Waals surface area contributed by atoms with Crippen LogP contribution in [0.1, 0.15) is 34.3 Å². The molecular formula is C27H29N5O3. The molecule has 1 aliphatic heterocycles. The largest absolute Gasteiger partial charge is 0.382 e. The van der Waals surface area contributed by atoms with Gasteiger partial charge in [-0.25, -0.2) is 4.98 Å². The number of ether oxygens (including phenoxy) is 1. The van der Waals surface area contributed by atoms with Crippen LogP contribution < -0.4 is 20.9 Å². The number of nitrogens with zero attached hydrogens (tertiary/aromatic N) is 2. The fourth-order valence-corrected chi connectivity index (χ4v) is 4.13. The average Bonchev–Trinajstić information content (AvgIpc) is 3.67. The van der Waals surface area contributed by atoms with Crippen LogP contribution in [0.4, 0.5) is 28.6 Å². The molecule has 2 heterocycles. The summed E-state index contributed by atoms with van der Waals surface area (Å²) in [5.74, 6) is 0.403. The number of amides is 2. The third-order valence-corrected chi connectivity index (χ3v) is 6.24. The van der Waals surface area contributed by atoms with Crippen LogP contribution in [0.25, 0.3) is 0 Å². The minimum absolute atomic E-state index is 0.0378. The molecule has 1 saturated heterocycles. The fourth-order valence-electron chi connectivity index (χ4n) is 4.13. The lowest BCUT2D eigenvalue weighted by molar-refractivity contribution is -0.125. The molecule has 2 aromatic carbocycles. The van der Waals surface area contributed by atoms with Crippen LogP contribution in [0.2, 0.25) is 0 Å². The number of pyridine rings is 1. The van der Waals surface area contributed by atoms with Gasteiger partial charge in [0.05, 0.1) is 17.9 Å². The molecule has 180 valence electrons. The van der Waals surface area contributed by atoms with E-state index in [4.69, 9.17) is 4.74 Å². The smallest absolute Gasteiger partial charge is 0.259 e. The number of carbonyl (C=O) groups is 2. The van der Waals surface area contributed by atoms with Gasteiger partial charge in [0, 0.05) is 41.9 Å². The summed E-state index contributed by atoms with van der Waals surface area (Å²) in [5, 5.41) is 9.83. The highest BCUT2D eigenvalue weighted by molar-refractivity contribution is 6.08. The van der Waals surface area contributed by atoms with Gasteiger partial charge in [0.25, 0.3) is 11.8 Å². The Morgan fingerprint density at radius 2 is 1.83 bits per heavy atom. The summed E-state index contributed by atoms with van der Waals surface area (Å²) in [6.45, 7) is 5.17. The molecule has 1 saturated carbocycles. The summed E-state index contributed by atoms with van der Waals surface area (Å²) >= 11 is 0. The molecule has 1 aromatic heterocycles. The van der Waals surface area contributed by atoms with Gasteiger partial charge in [-0.2, -0.15) is 0 Å². The van der Waals surface area contributed by atoms with Gasteiger partial charge in [-0.05, 0) is 62.1 Å². The summed E-state index contributed by atoms with van der Waals surface area (Å²) in [6, 6.07) is 15.8. The summed E-state index contributed by atoms with van der Waals surface area (Å²) in [6.07, 6.45) is 3.78. The number of benzene rings is 2. The van der Waals surface area contributed by atoms with Gasteiger partial charge in [-0.1, -0.05) is 18.2 Å². The molecule has 0 bridgehead atoms. The van der Waals surface area contributed by atoms with Gasteiger partial charge in [0.1, 0.15) is 12.4 Å². The molecule has 0 radical (unpaired) electrons. The number of aryl methyl sites for hydroxylation is 2. The van der Waals surface area contributed by atoms with E-state index in [1.807, 2.05) is 62.4 Å². The Morgan fingerprint density at radius 3 is 2.51 bits per heavy atom. The first-order chi connectivity index (χ1) is 17.0. The van der Waals surface area contributed by atoms with Gasteiger partial charge in [-0.15, -0.1) is 0 Å². The van der Waals surface area contributed by atoms with E-state index in [0.717, 1.165) is 46.7 Å². The third-order valence-electron chi connectivity index (χ3n) is 6.24. The number of nitrogens with one attached hydrogen (secondary N) is 3. The molecule has 0 unspecified atom stereocenters. The van der Waals surface area contributed by atoms with E-state index >= 15 is 0 Å². The molecule has 2 amide bonds. The molecule has 2 aliphatic rings. The van der Waals surface area contributed by atoms with E-state index in [0.29, 0.717) is 30.6 Å². The Bertz CT molecular complexity index is 1230. The van der Waals surface area contributed by atoms with Crippen LogP contribution in [0.3, 0.4) is 0 Å². The molecule has 8 heteroatoms. The Hall–Kier alpha value is -3.91. The molecule has 8 nitrogen and oxygen atoms in total. The van der Waals surface area contributed by atoms with Crippen LogP contribution in [0.5, 0.6) is 0 Å². The molecule has 5 rings (SSSR count). The van der Waals surface area contributed by atoms with E-state index in [1.54, 1.807) is 11.1 Å². The van der Waals surface area contributed by atoms with Crippen molar-refractivity contribution in [3.63, 3.8) is 0 Å². The standard InChI is InChI=1S/C27H29N5O3/c1-17-4-3-5-18(2)26(17)31-27(34)22-15-28-24(14-23(22)29-19-6-7-19)30-20-8-10-21(11-9-20)32-12-13-35-16-25(32)33/h3-5,8-11,14-15,19H,6-7,12-13,16H2,1-2H3,(H,31,34)(H2,28,29,30). The number of rotatable bonds is 7. The zero-order valence-corrected chi connectivity index (χ0v) is 19.9. The van der Waals surface area contributed by atoms with Crippen molar-refractivity contribution in [2.45, 2.75) is 32.7 Å². The Balaban J connectivity index is 1.34. The number of para-hydroxylation sites is 1. The second-order valence-corrected chi connectivity index (χ2v) is 9.02. The highest BCUT2D eigenvalue weighted by atomic mass is 16.5. The second kappa shape index (κ2) is 9.76. The lowest BCUT2D eigenvalue weighted by Gasteiger charge is -2.27. The van der Waals surface area contributed by atoms with Crippen molar-refractivity contribution in [2.75, 3.05) is 40.6 Å². The maximum absolute atomic E-state index is 13.2.